The summed E-state index contributed by atoms with van der Waals surface area (Å²) in [5, 5.41) is 0. The van der Waals surface area contributed by atoms with Crippen LogP contribution in [-0.4, -0.2) is 0 Å². The SMILES string of the molecule is CC(C)C1CCC([n+]2ccccc2)C1.CC(C)C1CCC([n+]2ccccc2)CC1.CC(C)C[n+]1ccccc1.CC(C)c1ccc(-[n+]2ccccc2)cc1. The highest BCUT2D eigenvalue weighted by atomic mass is 15.0. The van der Waals surface area contributed by atoms with Crippen LogP contribution in [0.4, 0.5) is 0 Å². The summed E-state index contributed by atoms with van der Waals surface area (Å²) in [6, 6.07) is 35.2. The molecule has 0 spiro atoms. The summed E-state index contributed by atoms with van der Waals surface area (Å²) >= 11 is 0. The average Bonchev–Trinajstić information content (AvgIpc) is 3.71. The minimum atomic E-state index is 0.597. The Balaban J connectivity index is 0.000000162. The van der Waals surface area contributed by atoms with Gasteiger partial charge < -0.3 is 0 Å². The highest BCUT2D eigenvalue weighted by molar-refractivity contribution is 5.29. The molecule has 0 amide bonds. The van der Waals surface area contributed by atoms with E-state index in [2.05, 4.69) is 196 Å². The van der Waals surface area contributed by atoms with Gasteiger partial charge in [-0.15, -0.1) is 0 Å². The van der Waals surface area contributed by atoms with E-state index >= 15 is 0 Å². The van der Waals surface area contributed by atoms with Crippen molar-refractivity contribution in [1.29, 1.82) is 0 Å². The van der Waals surface area contributed by atoms with E-state index < -0.39 is 0 Å². The molecule has 2 aliphatic carbocycles. The second kappa shape index (κ2) is 22.9. The Bertz CT molecular complexity index is 1660. The van der Waals surface area contributed by atoms with Gasteiger partial charge in [0, 0.05) is 92.3 Å². The second-order valence-corrected chi connectivity index (χ2v) is 16.9. The fraction of sp³-hybridized carbons (Fsp3) is 0.480. The Morgan fingerprint density at radius 3 is 1.33 bits per heavy atom. The first kappa shape index (κ1) is 42.6. The van der Waals surface area contributed by atoms with E-state index in [0.29, 0.717) is 5.92 Å². The number of benzene rings is 1. The molecule has 2 unspecified atom stereocenters. The lowest BCUT2D eigenvalue weighted by Crippen LogP contribution is -2.41. The summed E-state index contributed by atoms with van der Waals surface area (Å²) in [4.78, 5) is 0. The Hall–Kier alpha value is -4.18. The van der Waals surface area contributed by atoms with Gasteiger partial charge in [0.15, 0.2) is 68.2 Å². The van der Waals surface area contributed by atoms with Crippen LogP contribution >= 0.6 is 0 Å². The van der Waals surface area contributed by atoms with Crippen molar-refractivity contribution >= 4 is 0 Å². The highest BCUT2D eigenvalue weighted by Crippen LogP contribution is 2.35. The molecule has 54 heavy (non-hydrogen) atoms. The van der Waals surface area contributed by atoms with Crippen LogP contribution < -0.4 is 18.3 Å². The normalized spacial score (nSPS) is 19.3. The Morgan fingerprint density at radius 1 is 0.463 bits per heavy atom. The van der Waals surface area contributed by atoms with Gasteiger partial charge >= 0.3 is 0 Å². The van der Waals surface area contributed by atoms with Crippen LogP contribution in [0.1, 0.15) is 124 Å². The van der Waals surface area contributed by atoms with Gasteiger partial charge in [-0.2, -0.15) is 4.57 Å². The molecule has 0 bridgehead atoms. The van der Waals surface area contributed by atoms with Crippen LogP contribution in [-0.2, 0) is 6.54 Å². The summed E-state index contributed by atoms with van der Waals surface area (Å²) in [6.07, 6.45) is 26.8. The minimum absolute atomic E-state index is 0.597. The van der Waals surface area contributed by atoms with Gasteiger partial charge in [0.05, 0.1) is 0 Å². The third-order valence-corrected chi connectivity index (χ3v) is 11.3. The number of rotatable bonds is 8. The monoisotopic (exact) mass is 729 g/mol. The molecule has 0 saturated heterocycles. The van der Waals surface area contributed by atoms with E-state index in [-0.39, 0.29) is 0 Å². The quantitative estimate of drug-likeness (QED) is 0.141. The second-order valence-electron chi connectivity index (χ2n) is 16.9. The van der Waals surface area contributed by atoms with Gasteiger partial charge in [0.25, 0.3) is 0 Å². The predicted molar refractivity (Wildman–Crippen MR) is 224 cm³/mol. The molecule has 2 aliphatic rings. The summed E-state index contributed by atoms with van der Waals surface area (Å²) in [7, 11) is 0. The van der Waals surface area contributed by atoms with Crippen molar-refractivity contribution in [2.24, 2.45) is 29.6 Å². The number of pyridine rings is 4. The molecule has 0 aliphatic heterocycles. The molecular weight excluding hydrogens is 657 g/mol. The van der Waals surface area contributed by atoms with Crippen molar-refractivity contribution < 1.29 is 18.3 Å². The van der Waals surface area contributed by atoms with Gasteiger partial charge in [0.2, 0.25) is 5.69 Å². The smallest absolute Gasteiger partial charge is 0.205 e. The first-order valence-electron chi connectivity index (χ1n) is 21.0. The van der Waals surface area contributed by atoms with Crippen molar-refractivity contribution in [2.45, 2.75) is 125 Å². The molecule has 2 atom stereocenters. The maximum atomic E-state index is 2.39. The molecule has 0 N–H and O–H groups in total. The van der Waals surface area contributed by atoms with E-state index in [9.17, 15) is 0 Å². The van der Waals surface area contributed by atoms with Crippen LogP contribution in [0.3, 0.4) is 0 Å². The fourth-order valence-electron chi connectivity index (χ4n) is 7.82. The average molecular weight is 729 g/mol. The lowest BCUT2D eigenvalue weighted by molar-refractivity contribution is -0.726. The van der Waals surface area contributed by atoms with E-state index in [0.717, 1.165) is 48.2 Å². The highest BCUT2D eigenvalue weighted by Gasteiger charge is 2.32. The Labute approximate surface area is 329 Å². The van der Waals surface area contributed by atoms with Gasteiger partial charge in [-0.1, -0.05) is 91.8 Å². The van der Waals surface area contributed by atoms with Gasteiger partial charge in [0.1, 0.15) is 0 Å². The number of nitrogens with zero attached hydrogens (tertiary/aromatic N) is 4. The zero-order valence-corrected chi connectivity index (χ0v) is 34.9. The molecule has 5 aromatic rings. The summed E-state index contributed by atoms with van der Waals surface area (Å²) in [5.74, 6) is 4.95. The van der Waals surface area contributed by atoms with Crippen molar-refractivity contribution in [2.75, 3.05) is 0 Å². The summed E-state index contributed by atoms with van der Waals surface area (Å²) in [5.41, 5.74) is 2.59. The predicted octanol–water partition coefficient (Wildman–Crippen LogP) is 11.0. The summed E-state index contributed by atoms with van der Waals surface area (Å²) < 4.78 is 9.08. The van der Waals surface area contributed by atoms with Gasteiger partial charge in [-0.25, -0.2) is 13.7 Å². The fourth-order valence-corrected chi connectivity index (χ4v) is 7.82. The lowest BCUT2D eigenvalue weighted by Gasteiger charge is -2.27. The number of hydrogen-bond acceptors (Lipinski definition) is 0. The third kappa shape index (κ3) is 14.6. The third-order valence-electron chi connectivity index (χ3n) is 11.3. The molecule has 4 heterocycles. The van der Waals surface area contributed by atoms with E-state index in [1.165, 1.54) is 56.2 Å². The van der Waals surface area contributed by atoms with Gasteiger partial charge in [-0.05, 0) is 54.4 Å². The van der Waals surface area contributed by atoms with E-state index in [1.807, 2.05) is 24.3 Å². The van der Waals surface area contributed by atoms with Gasteiger partial charge in [-0.3, -0.25) is 0 Å². The molecular formula is C50H72N4+4. The molecule has 2 saturated carbocycles. The standard InChI is InChI=1S/C14H22N.C14H16N.C13H20N.C9H14N/c2*1-12(2)13-6-8-14(9-7-13)15-10-4-3-5-11-15;1-11(2)12-6-7-13(10-12)14-8-4-3-5-9-14;1-9(2)8-10-6-4-3-5-7-10/h3-5,10-14H,6-9H2,1-2H3;3-12H,1-2H3;3-5,8-9,11-13H,6-7,10H2,1-2H3;3-7,9H,8H2,1-2H3/q4*+1. The molecule has 7 rings (SSSR count). The summed E-state index contributed by atoms with van der Waals surface area (Å²) in [6.45, 7) is 19.4. The Morgan fingerprint density at radius 2 is 0.889 bits per heavy atom. The van der Waals surface area contributed by atoms with Crippen molar-refractivity contribution in [3.05, 3.63) is 152 Å². The molecule has 288 valence electrons. The van der Waals surface area contributed by atoms with Crippen molar-refractivity contribution in [1.82, 2.24) is 0 Å². The van der Waals surface area contributed by atoms with Crippen LogP contribution in [0.15, 0.2) is 147 Å². The van der Waals surface area contributed by atoms with Crippen LogP contribution in [0.2, 0.25) is 0 Å². The first-order valence-corrected chi connectivity index (χ1v) is 21.0. The zero-order valence-electron chi connectivity index (χ0n) is 34.9. The van der Waals surface area contributed by atoms with Crippen molar-refractivity contribution in [3.8, 4) is 5.69 Å². The lowest BCUT2D eigenvalue weighted by atomic mass is 9.79. The molecule has 1 aromatic carbocycles. The molecule has 0 radical (unpaired) electrons. The van der Waals surface area contributed by atoms with Crippen molar-refractivity contribution in [3.63, 3.8) is 0 Å². The molecule has 4 heteroatoms. The number of aromatic nitrogens is 4. The topological polar surface area (TPSA) is 15.5 Å². The molecule has 2 fully saturated rings. The Kier molecular flexibility index (Phi) is 18.0. The van der Waals surface area contributed by atoms with Crippen LogP contribution in [0, 0.1) is 29.6 Å². The maximum Gasteiger partial charge on any atom is 0.210 e. The largest absolute Gasteiger partial charge is 0.210 e. The zero-order chi connectivity index (χ0) is 38.7. The van der Waals surface area contributed by atoms with Crippen LogP contribution in [0.5, 0.6) is 0 Å². The molecule has 4 nitrogen and oxygen atoms in total. The maximum absolute atomic E-state index is 2.39. The van der Waals surface area contributed by atoms with E-state index in [1.54, 1.807) is 0 Å². The van der Waals surface area contributed by atoms with E-state index in [4.69, 9.17) is 0 Å². The molecule has 4 aromatic heterocycles. The first-order chi connectivity index (χ1) is 26.1. The number of hydrogen-bond donors (Lipinski definition) is 0. The van der Waals surface area contributed by atoms with Crippen LogP contribution in [0.25, 0.3) is 5.69 Å². The minimum Gasteiger partial charge on any atom is -0.205 e.